The molecule has 0 radical (unpaired) electrons. The van der Waals surface area contributed by atoms with Gasteiger partial charge in [-0.25, -0.2) is 14.6 Å². The van der Waals surface area contributed by atoms with Crippen LogP contribution in [0.5, 0.6) is 0 Å². The standard InChI is InChI=1S/C9H15N7/c1-5(4-10)11-8-7-9(13-6(2)12-8)16(3)15-14-7/h5H,4,10H2,1-3H3,(H,11,12,13). The number of hydrogen-bond donors (Lipinski definition) is 2. The van der Waals surface area contributed by atoms with Gasteiger partial charge in [0, 0.05) is 19.6 Å². The van der Waals surface area contributed by atoms with Crippen molar-refractivity contribution in [1.82, 2.24) is 25.0 Å². The average Bonchev–Trinajstić information content (AvgIpc) is 2.60. The third-order valence-electron chi connectivity index (χ3n) is 2.30. The van der Waals surface area contributed by atoms with E-state index in [4.69, 9.17) is 5.73 Å². The molecule has 0 saturated heterocycles. The van der Waals surface area contributed by atoms with Gasteiger partial charge in [-0.15, -0.1) is 5.10 Å². The molecular formula is C9H15N7. The molecule has 0 spiro atoms. The predicted molar refractivity (Wildman–Crippen MR) is 61.0 cm³/mol. The lowest BCUT2D eigenvalue weighted by atomic mass is 10.3. The Kier molecular flexibility index (Phi) is 2.69. The molecule has 0 amide bonds. The van der Waals surface area contributed by atoms with E-state index >= 15 is 0 Å². The van der Waals surface area contributed by atoms with Gasteiger partial charge in [-0.05, 0) is 13.8 Å². The van der Waals surface area contributed by atoms with Gasteiger partial charge in [0.15, 0.2) is 17.0 Å². The Labute approximate surface area is 93.1 Å². The van der Waals surface area contributed by atoms with Crippen LogP contribution in [-0.4, -0.2) is 37.5 Å². The van der Waals surface area contributed by atoms with Crippen LogP contribution in [0.2, 0.25) is 0 Å². The highest BCUT2D eigenvalue weighted by molar-refractivity contribution is 5.82. The number of nitrogens with two attached hydrogens (primary N) is 1. The van der Waals surface area contributed by atoms with E-state index in [0.29, 0.717) is 23.7 Å². The molecule has 2 aromatic heterocycles. The summed E-state index contributed by atoms with van der Waals surface area (Å²) in [5.41, 5.74) is 6.96. The van der Waals surface area contributed by atoms with Gasteiger partial charge in [0.05, 0.1) is 0 Å². The number of aromatic nitrogens is 5. The Bertz CT molecular complexity index is 504. The molecule has 2 rings (SSSR count). The fourth-order valence-electron chi connectivity index (χ4n) is 1.42. The van der Waals surface area contributed by atoms with Crippen molar-refractivity contribution in [3.63, 3.8) is 0 Å². The van der Waals surface area contributed by atoms with Gasteiger partial charge in [0.2, 0.25) is 0 Å². The van der Waals surface area contributed by atoms with E-state index in [9.17, 15) is 0 Å². The summed E-state index contributed by atoms with van der Waals surface area (Å²) in [4.78, 5) is 8.59. The molecule has 1 unspecified atom stereocenters. The van der Waals surface area contributed by atoms with Gasteiger partial charge in [-0.3, -0.25) is 0 Å². The van der Waals surface area contributed by atoms with E-state index in [-0.39, 0.29) is 6.04 Å². The van der Waals surface area contributed by atoms with Crippen LogP contribution in [-0.2, 0) is 7.05 Å². The number of nitrogens with zero attached hydrogens (tertiary/aromatic N) is 5. The number of hydrogen-bond acceptors (Lipinski definition) is 6. The smallest absolute Gasteiger partial charge is 0.183 e. The summed E-state index contributed by atoms with van der Waals surface area (Å²) < 4.78 is 1.63. The molecule has 1 atom stereocenters. The average molecular weight is 221 g/mol. The van der Waals surface area contributed by atoms with Crippen LogP contribution >= 0.6 is 0 Å². The van der Waals surface area contributed by atoms with E-state index in [1.165, 1.54) is 0 Å². The Morgan fingerprint density at radius 2 is 2.19 bits per heavy atom. The van der Waals surface area contributed by atoms with E-state index in [2.05, 4.69) is 25.6 Å². The van der Waals surface area contributed by atoms with Crippen molar-refractivity contribution >= 4 is 17.0 Å². The molecule has 7 heteroatoms. The van der Waals surface area contributed by atoms with Crippen LogP contribution in [0.15, 0.2) is 0 Å². The summed E-state index contributed by atoms with van der Waals surface area (Å²) in [5, 5.41) is 11.2. The molecule has 16 heavy (non-hydrogen) atoms. The SMILES string of the molecule is Cc1nc(NC(C)CN)c2nnn(C)c2n1. The lowest BCUT2D eigenvalue weighted by Crippen LogP contribution is -2.26. The zero-order valence-electron chi connectivity index (χ0n) is 9.60. The summed E-state index contributed by atoms with van der Waals surface area (Å²) in [6, 6.07) is 0.138. The highest BCUT2D eigenvalue weighted by atomic mass is 15.4. The molecule has 0 aliphatic heterocycles. The summed E-state index contributed by atoms with van der Waals surface area (Å²) in [7, 11) is 1.80. The minimum Gasteiger partial charge on any atom is -0.364 e. The van der Waals surface area contributed by atoms with Crippen molar-refractivity contribution < 1.29 is 0 Å². The van der Waals surface area contributed by atoms with Crippen molar-refractivity contribution in [3.8, 4) is 0 Å². The van der Waals surface area contributed by atoms with Gasteiger partial charge in [-0.2, -0.15) is 0 Å². The molecule has 0 aliphatic rings. The summed E-state index contributed by atoms with van der Waals surface area (Å²) >= 11 is 0. The summed E-state index contributed by atoms with van der Waals surface area (Å²) in [6.07, 6.45) is 0. The second-order valence-electron chi connectivity index (χ2n) is 3.79. The van der Waals surface area contributed by atoms with Crippen molar-refractivity contribution in [2.75, 3.05) is 11.9 Å². The Morgan fingerprint density at radius 3 is 2.88 bits per heavy atom. The second kappa shape index (κ2) is 4.01. The number of nitrogens with one attached hydrogen (secondary N) is 1. The molecule has 7 nitrogen and oxygen atoms in total. The maximum atomic E-state index is 5.56. The zero-order chi connectivity index (χ0) is 11.7. The third kappa shape index (κ3) is 1.81. The van der Waals surface area contributed by atoms with E-state index in [1.54, 1.807) is 11.7 Å². The molecule has 2 heterocycles. The van der Waals surface area contributed by atoms with Gasteiger partial charge < -0.3 is 11.1 Å². The topological polar surface area (TPSA) is 94.5 Å². The highest BCUT2D eigenvalue weighted by Gasteiger charge is 2.12. The Balaban J connectivity index is 2.51. The third-order valence-corrected chi connectivity index (χ3v) is 2.30. The van der Waals surface area contributed by atoms with Gasteiger partial charge in [0.25, 0.3) is 0 Å². The lowest BCUT2D eigenvalue weighted by molar-refractivity contribution is 0.728. The fourth-order valence-corrected chi connectivity index (χ4v) is 1.42. The first-order valence-electron chi connectivity index (χ1n) is 5.12. The predicted octanol–water partition coefficient (Wildman–Crippen LogP) is -0.174. The number of fused-ring (bicyclic) bond motifs is 1. The fraction of sp³-hybridized carbons (Fsp3) is 0.556. The van der Waals surface area contributed by atoms with Crippen LogP contribution in [0, 0.1) is 6.92 Å². The first kappa shape index (κ1) is 10.7. The maximum Gasteiger partial charge on any atom is 0.183 e. The molecule has 0 bridgehead atoms. The van der Waals surface area contributed by atoms with Gasteiger partial charge >= 0.3 is 0 Å². The largest absolute Gasteiger partial charge is 0.364 e. The second-order valence-corrected chi connectivity index (χ2v) is 3.79. The lowest BCUT2D eigenvalue weighted by Gasteiger charge is -2.12. The van der Waals surface area contributed by atoms with E-state index in [1.807, 2.05) is 13.8 Å². The highest BCUT2D eigenvalue weighted by Crippen LogP contribution is 2.17. The molecule has 0 aliphatic carbocycles. The van der Waals surface area contributed by atoms with Crippen molar-refractivity contribution in [2.45, 2.75) is 19.9 Å². The normalized spacial score (nSPS) is 13.0. The summed E-state index contributed by atoms with van der Waals surface area (Å²) in [6.45, 7) is 4.36. The molecule has 86 valence electrons. The number of anilines is 1. The minimum absolute atomic E-state index is 0.138. The van der Waals surface area contributed by atoms with Crippen LogP contribution < -0.4 is 11.1 Å². The Hall–Kier alpha value is -1.76. The maximum absolute atomic E-state index is 5.56. The Morgan fingerprint density at radius 1 is 1.44 bits per heavy atom. The first-order chi connectivity index (χ1) is 7.61. The van der Waals surface area contributed by atoms with Gasteiger partial charge in [0.1, 0.15) is 5.82 Å². The molecule has 2 aromatic rings. The molecule has 0 aromatic carbocycles. The zero-order valence-corrected chi connectivity index (χ0v) is 9.60. The van der Waals surface area contributed by atoms with Crippen molar-refractivity contribution in [1.29, 1.82) is 0 Å². The summed E-state index contributed by atoms with van der Waals surface area (Å²) in [5.74, 6) is 1.37. The van der Waals surface area contributed by atoms with Crippen molar-refractivity contribution in [2.24, 2.45) is 12.8 Å². The minimum atomic E-state index is 0.138. The van der Waals surface area contributed by atoms with Crippen LogP contribution in [0.25, 0.3) is 11.2 Å². The molecule has 0 saturated carbocycles. The number of rotatable bonds is 3. The van der Waals surface area contributed by atoms with E-state index in [0.717, 1.165) is 5.65 Å². The quantitative estimate of drug-likeness (QED) is 0.747. The van der Waals surface area contributed by atoms with Crippen molar-refractivity contribution in [3.05, 3.63) is 5.82 Å². The molecule has 0 fully saturated rings. The number of aryl methyl sites for hydroxylation is 2. The van der Waals surface area contributed by atoms with Crippen LogP contribution in [0.1, 0.15) is 12.7 Å². The van der Waals surface area contributed by atoms with Crippen LogP contribution in [0.3, 0.4) is 0 Å². The van der Waals surface area contributed by atoms with Gasteiger partial charge in [-0.1, -0.05) is 5.21 Å². The molecular weight excluding hydrogens is 206 g/mol. The molecule has 3 N–H and O–H groups in total. The van der Waals surface area contributed by atoms with Crippen LogP contribution in [0.4, 0.5) is 5.82 Å². The first-order valence-corrected chi connectivity index (χ1v) is 5.12. The van der Waals surface area contributed by atoms with E-state index < -0.39 is 0 Å². The monoisotopic (exact) mass is 221 g/mol.